The molecule has 0 fully saturated rings. The molecule has 116 valence electrons. The van der Waals surface area contributed by atoms with E-state index in [0.29, 0.717) is 31.1 Å². The zero-order chi connectivity index (χ0) is 15.8. The summed E-state index contributed by atoms with van der Waals surface area (Å²) in [6.45, 7) is 6.71. The summed E-state index contributed by atoms with van der Waals surface area (Å²) in [5, 5.41) is 11.7. The summed E-state index contributed by atoms with van der Waals surface area (Å²) in [7, 11) is 0. The van der Waals surface area contributed by atoms with Crippen LogP contribution in [0.3, 0.4) is 0 Å². The van der Waals surface area contributed by atoms with Crippen LogP contribution in [0.1, 0.15) is 28.4 Å². The summed E-state index contributed by atoms with van der Waals surface area (Å²) in [5.41, 5.74) is 2.12. The number of aromatic carboxylic acids is 1. The van der Waals surface area contributed by atoms with Crippen LogP contribution in [0.15, 0.2) is 12.1 Å². The fourth-order valence-corrected chi connectivity index (χ4v) is 1.83. The highest BCUT2D eigenvalue weighted by molar-refractivity contribution is 5.96. The van der Waals surface area contributed by atoms with Crippen molar-refractivity contribution in [2.45, 2.75) is 20.8 Å². The van der Waals surface area contributed by atoms with Crippen molar-refractivity contribution in [2.24, 2.45) is 0 Å². The maximum Gasteiger partial charge on any atom is 0.336 e. The number of rotatable bonds is 8. The second-order valence-corrected chi connectivity index (χ2v) is 4.58. The van der Waals surface area contributed by atoms with Crippen molar-refractivity contribution in [2.75, 3.05) is 31.7 Å². The Bertz CT molecular complexity index is 513. The Hall–Kier alpha value is -1.92. The van der Waals surface area contributed by atoms with E-state index in [-0.39, 0.29) is 18.1 Å². The highest BCUT2D eigenvalue weighted by atomic mass is 16.5. The predicted octanol–water partition coefficient (Wildman–Crippen LogP) is 1.99. The van der Waals surface area contributed by atoms with Crippen LogP contribution in [0.5, 0.6) is 0 Å². The van der Waals surface area contributed by atoms with Crippen LogP contribution in [0.25, 0.3) is 0 Å². The molecule has 0 bridgehead atoms. The maximum atomic E-state index is 11.7. The number of aryl methyl sites for hydroxylation is 2. The molecule has 0 aliphatic heterocycles. The number of carboxylic acid groups (broad SMARTS) is 1. The third kappa shape index (κ3) is 5.53. The number of carbonyl (C=O) groups is 2. The summed E-state index contributed by atoms with van der Waals surface area (Å²) in [5.74, 6) is -1.34. The minimum atomic E-state index is -1.02. The number of amides is 1. The van der Waals surface area contributed by atoms with Crippen molar-refractivity contribution < 1.29 is 24.2 Å². The van der Waals surface area contributed by atoms with Crippen LogP contribution in [-0.4, -0.2) is 43.4 Å². The minimum absolute atomic E-state index is 0.0944. The van der Waals surface area contributed by atoms with E-state index in [9.17, 15) is 9.59 Å². The maximum absolute atomic E-state index is 11.7. The summed E-state index contributed by atoms with van der Waals surface area (Å²) < 4.78 is 10.2. The van der Waals surface area contributed by atoms with Gasteiger partial charge in [0.05, 0.1) is 18.8 Å². The molecule has 0 spiro atoms. The molecule has 21 heavy (non-hydrogen) atoms. The van der Waals surface area contributed by atoms with Gasteiger partial charge < -0.3 is 19.9 Å². The molecule has 1 aromatic rings. The summed E-state index contributed by atoms with van der Waals surface area (Å²) in [6.07, 6.45) is 0. The van der Waals surface area contributed by atoms with E-state index in [1.54, 1.807) is 13.0 Å². The first-order valence-corrected chi connectivity index (χ1v) is 6.75. The molecule has 0 aliphatic rings. The fourth-order valence-electron chi connectivity index (χ4n) is 1.83. The normalized spacial score (nSPS) is 10.4. The van der Waals surface area contributed by atoms with Gasteiger partial charge in [0, 0.05) is 12.3 Å². The lowest BCUT2D eigenvalue weighted by Crippen LogP contribution is -2.20. The lowest BCUT2D eigenvalue weighted by atomic mass is 10.0. The van der Waals surface area contributed by atoms with E-state index in [0.717, 1.165) is 5.56 Å². The number of carbonyl (C=O) groups excluding carboxylic acids is 1. The number of anilines is 1. The molecule has 2 N–H and O–H groups in total. The molecule has 0 saturated carbocycles. The highest BCUT2D eigenvalue weighted by Crippen LogP contribution is 2.20. The molecule has 0 aromatic heterocycles. The quantitative estimate of drug-likeness (QED) is 0.716. The molecule has 0 saturated heterocycles. The van der Waals surface area contributed by atoms with Crippen molar-refractivity contribution in [1.29, 1.82) is 0 Å². The van der Waals surface area contributed by atoms with Crippen molar-refractivity contribution in [3.05, 3.63) is 28.8 Å². The summed E-state index contributed by atoms with van der Waals surface area (Å²) in [4.78, 5) is 22.8. The topological polar surface area (TPSA) is 84.9 Å². The molecule has 1 amide bonds. The molecule has 6 nitrogen and oxygen atoms in total. The Labute approximate surface area is 124 Å². The van der Waals surface area contributed by atoms with Gasteiger partial charge in [-0.15, -0.1) is 0 Å². The highest BCUT2D eigenvalue weighted by Gasteiger charge is 2.12. The monoisotopic (exact) mass is 295 g/mol. The van der Waals surface area contributed by atoms with E-state index in [1.165, 1.54) is 6.07 Å². The SMILES string of the molecule is CCOCCOCC(=O)Nc1cc(C(=O)O)c(C)cc1C. The van der Waals surface area contributed by atoms with Crippen molar-refractivity contribution in [1.82, 2.24) is 0 Å². The molecule has 6 heteroatoms. The number of hydrogen-bond donors (Lipinski definition) is 2. The molecular weight excluding hydrogens is 274 g/mol. The van der Waals surface area contributed by atoms with Gasteiger partial charge in [0.2, 0.25) is 5.91 Å². The molecule has 0 aliphatic carbocycles. The average molecular weight is 295 g/mol. The zero-order valence-corrected chi connectivity index (χ0v) is 12.6. The Morgan fingerprint density at radius 3 is 2.43 bits per heavy atom. The van der Waals surface area contributed by atoms with Crippen molar-refractivity contribution in [3.63, 3.8) is 0 Å². The van der Waals surface area contributed by atoms with Crippen LogP contribution in [0.2, 0.25) is 0 Å². The van der Waals surface area contributed by atoms with Crippen LogP contribution < -0.4 is 5.32 Å². The number of ether oxygens (including phenoxy) is 2. The number of benzene rings is 1. The minimum Gasteiger partial charge on any atom is -0.478 e. The molecule has 0 atom stereocenters. The van der Waals surface area contributed by atoms with Gasteiger partial charge in [0.25, 0.3) is 0 Å². The van der Waals surface area contributed by atoms with E-state index in [1.807, 2.05) is 13.8 Å². The first kappa shape index (κ1) is 17.1. The number of hydrogen-bond acceptors (Lipinski definition) is 4. The largest absolute Gasteiger partial charge is 0.478 e. The van der Waals surface area contributed by atoms with Gasteiger partial charge >= 0.3 is 5.97 Å². The first-order valence-electron chi connectivity index (χ1n) is 6.75. The summed E-state index contributed by atoms with van der Waals surface area (Å²) in [6, 6.07) is 3.19. The van der Waals surface area contributed by atoms with Gasteiger partial charge in [0.15, 0.2) is 0 Å². The average Bonchev–Trinajstić information content (AvgIpc) is 2.41. The van der Waals surface area contributed by atoms with E-state index in [4.69, 9.17) is 14.6 Å². The standard InChI is InChI=1S/C15H21NO5/c1-4-20-5-6-21-9-14(17)16-13-8-12(15(18)19)10(2)7-11(13)3/h7-8H,4-6,9H2,1-3H3,(H,16,17)(H,18,19). The lowest BCUT2D eigenvalue weighted by Gasteiger charge is -2.11. The van der Waals surface area contributed by atoms with Gasteiger partial charge in [0.1, 0.15) is 6.61 Å². The smallest absolute Gasteiger partial charge is 0.336 e. The van der Waals surface area contributed by atoms with Crippen LogP contribution in [-0.2, 0) is 14.3 Å². The summed E-state index contributed by atoms with van der Waals surface area (Å²) >= 11 is 0. The van der Waals surface area contributed by atoms with E-state index >= 15 is 0 Å². The second-order valence-electron chi connectivity index (χ2n) is 4.58. The Kier molecular flexibility index (Phi) is 6.84. The third-order valence-corrected chi connectivity index (χ3v) is 2.89. The van der Waals surface area contributed by atoms with Crippen LogP contribution in [0, 0.1) is 13.8 Å². The van der Waals surface area contributed by atoms with Crippen LogP contribution in [0.4, 0.5) is 5.69 Å². The molecule has 0 radical (unpaired) electrons. The molecule has 0 unspecified atom stereocenters. The molecule has 1 aromatic carbocycles. The Morgan fingerprint density at radius 1 is 1.14 bits per heavy atom. The van der Waals surface area contributed by atoms with Gasteiger partial charge in [-0.2, -0.15) is 0 Å². The molecule has 1 rings (SSSR count). The third-order valence-electron chi connectivity index (χ3n) is 2.89. The van der Waals surface area contributed by atoms with Crippen molar-refractivity contribution >= 4 is 17.6 Å². The second kappa shape index (κ2) is 8.39. The Morgan fingerprint density at radius 2 is 1.81 bits per heavy atom. The van der Waals surface area contributed by atoms with Gasteiger partial charge in [-0.05, 0) is 38.0 Å². The Balaban J connectivity index is 2.59. The van der Waals surface area contributed by atoms with Crippen LogP contribution >= 0.6 is 0 Å². The fraction of sp³-hybridized carbons (Fsp3) is 0.467. The first-order chi connectivity index (χ1) is 9.95. The van der Waals surface area contributed by atoms with Gasteiger partial charge in [-0.1, -0.05) is 6.07 Å². The van der Waals surface area contributed by atoms with Gasteiger partial charge in [-0.3, -0.25) is 4.79 Å². The molecular formula is C15H21NO5. The van der Waals surface area contributed by atoms with Crippen molar-refractivity contribution in [3.8, 4) is 0 Å². The lowest BCUT2D eigenvalue weighted by molar-refractivity contribution is -0.121. The zero-order valence-electron chi connectivity index (χ0n) is 12.6. The molecule has 0 heterocycles. The predicted molar refractivity (Wildman–Crippen MR) is 78.8 cm³/mol. The number of carboxylic acids is 1. The van der Waals surface area contributed by atoms with E-state index < -0.39 is 5.97 Å². The van der Waals surface area contributed by atoms with E-state index in [2.05, 4.69) is 5.32 Å². The van der Waals surface area contributed by atoms with Gasteiger partial charge in [-0.25, -0.2) is 4.79 Å². The number of nitrogens with one attached hydrogen (secondary N) is 1.